The average molecular weight is 323 g/mol. The molecule has 3 nitrogen and oxygen atoms in total. The molecular formula is C8H3FINO2S. The minimum atomic E-state index is -0.486. The van der Waals surface area contributed by atoms with Crippen LogP contribution in [0.25, 0.3) is 10.1 Å². The first-order valence-electron chi connectivity index (χ1n) is 3.60. The maximum atomic E-state index is 13.2. The van der Waals surface area contributed by atoms with E-state index in [-0.39, 0.29) is 5.69 Å². The fourth-order valence-electron chi connectivity index (χ4n) is 1.19. The van der Waals surface area contributed by atoms with Crippen molar-refractivity contribution < 1.29 is 9.31 Å². The number of non-ortho nitro benzene ring substituents is 1. The Morgan fingerprint density at radius 1 is 1.50 bits per heavy atom. The average Bonchev–Trinajstić information content (AvgIpc) is 2.47. The van der Waals surface area contributed by atoms with E-state index in [9.17, 15) is 14.5 Å². The van der Waals surface area contributed by atoms with E-state index in [1.54, 1.807) is 6.07 Å². The third-order valence-corrected chi connectivity index (χ3v) is 3.38. The SMILES string of the molecule is O=[N+]([O-])c1cc(I)cc2c(F)csc12. The molecule has 0 aliphatic carbocycles. The molecule has 0 radical (unpaired) electrons. The molecule has 0 bridgehead atoms. The van der Waals surface area contributed by atoms with Crippen molar-refractivity contribution in [2.24, 2.45) is 0 Å². The molecule has 0 aliphatic rings. The molecule has 1 aromatic carbocycles. The van der Waals surface area contributed by atoms with Crippen LogP contribution < -0.4 is 0 Å². The molecule has 0 amide bonds. The van der Waals surface area contributed by atoms with Gasteiger partial charge in [0.2, 0.25) is 0 Å². The quantitative estimate of drug-likeness (QED) is 0.458. The summed E-state index contributed by atoms with van der Waals surface area (Å²) in [5.41, 5.74) is -0.0270. The second-order valence-corrected chi connectivity index (χ2v) is 4.77. The lowest BCUT2D eigenvalue weighted by Crippen LogP contribution is -1.88. The predicted octanol–water partition coefficient (Wildman–Crippen LogP) is 3.55. The maximum absolute atomic E-state index is 13.2. The van der Waals surface area contributed by atoms with Gasteiger partial charge < -0.3 is 0 Å². The summed E-state index contributed by atoms with van der Waals surface area (Å²) in [5.74, 6) is -0.397. The molecule has 0 spiro atoms. The van der Waals surface area contributed by atoms with Gasteiger partial charge in [0.25, 0.3) is 5.69 Å². The van der Waals surface area contributed by atoms with Crippen molar-refractivity contribution >= 4 is 49.7 Å². The number of hydrogen-bond acceptors (Lipinski definition) is 3. The van der Waals surface area contributed by atoms with E-state index >= 15 is 0 Å². The first-order valence-corrected chi connectivity index (χ1v) is 5.56. The van der Waals surface area contributed by atoms with Crippen molar-refractivity contribution in [3.05, 3.63) is 37.0 Å². The molecule has 2 aromatic rings. The van der Waals surface area contributed by atoms with Gasteiger partial charge in [-0.3, -0.25) is 10.1 Å². The molecule has 2 rings (SSSR count). The number of nitrogens with zero attached hydrogens (tertiary/aromatic N) is 1. The Bertz CT molecular complexity index is 525. The highest BCUT2D eigenvalue weighted by molar-refractivity contribution is 14.1. The van der Waals surface area contributed by atoms with Gasteiger partial charge in [0.05, 0.1) is 4.92 Å². The van der Waals surface area contributed by atoms with Gasteiger partial charge in [0.1, 0.15) is 10.5 Å². The monoisotopic (exact) mass is 323 g/mol. The van der Waals surface area contributed by atoms with E-state index in [0.717, 1.165) is 11.3 Å². The van der Waals surface area contributed by atoms with E-state index in [4.69, 9.17) is 0 Å². The van der Waals surface area contributed by atoms with Crippen molar-refractivity contribution in [2.45, 2.75) is 0 Å². The van der Waals surface area contributed by atoms with E-state index < -0.39 is 10.7 Å². The van der Waals surface area contributed by atoms with Crippen LogP contribution in [-0.4, -0.2) is 4.92 Å². The van der Waals surface area contributed by atoms with Gasteiger partial charge in [0, 0.05) is 20.4 Å². The fourth-order valence-corrected chi connectivity index (χ4v) is 2.68. The van der Waals surface area contributed by atoms with Gasteiger partial charge in [-0.25, -0.2) is 4.39 Å². The molecule has 0 saturated carbocycles. The minimum absolute atomic E-state index is 0.0270. The van der Waals surface area contributed by atoms with Gasteiger partial charge in [-0.05, 0) is 28.7 Å². The van der Waals surface area contributed by atoms with Gasteiger partial charge in [0.15, 0.2) is 0 Å². The molecule has 6 heteroatoms. The molecule has 14 heavy (non-hydrogen) atoms. The molecule has 1 aromatic heterocycles. The van der Waals surface area contributed by atoms with Crippen LogP contribution >= 0.6 is 33.9 Å². The van der Waals surface area contributed by atoms with Gasteiger partial charge >= 0.3 is 0 Å². The highest BCUT2D eigenvalue weighted by Gasteiger charge is 2.17. The number of rotatable bonds is 1. The molecule has 0 atom stereocenters. The summed E-state index contributed by atoms with van der Waals surface area (Å²) < 4.78 is 14.2. The molecule has 0 aliphatic heterocycles. The van der Waals surface area contributed by atoms with Crippen LogP contribution in [0.15, 0.2) is 17.5 Å². The van der Waals surface area contributed by atoms with Crippen LogP contribution in [-0.2, 0) is 0 Å². The molecule has 0 saturated heterocycles. The highest BCUT2D eigenvalue weighted by Crippen LogP contribution is 2.34. The summed E-state index contributed by atoms with van der Waals surface area (Å²) in [5, 5.41) is 12.3. The standard InChI is InChI=1S/C8H3FINO2S/c9-6-3-14-8-5(6)1-4(10)2-7(8)11(12)13/h1-3H. The molecular weight excluding hydrogens is 320 g/mol. The zero-order valence-corrected chi connectivity index (χ0v) is 9.63. The smallest absolute Gasteiger partial charge is 0.258 e. The number of hydrogen-bond donors (Lipinski definition) is 0. The second kappa shape index (κ2) is 3.43. The Balaban J connectivity index is 2.88. The van der Waals surface area contributed by atoms with Crippen molar-refractivity contribution in [1.29, 1.82) is 0 Å². The van der Waals surface area contributed by atoms with E-state index in [2.05, 4.69) is 0 Å². The van der Waals surface area contributed by atoms with Crippen LogP contribution in [0.1, 0.15) is 0 Å². The summed E-state index contributed by atoms with van der Waals surface area (Å²) in [6, 6.07) is 3.05. The Kier molecular flexibility index (Phi) is 2.40. The number of nitro benzene ring substituents is 1. The first-order chi connectivity index (χ1) is 6.59. The van der Waals surface area contributed by atoms with Gasteiger partial charge in [-0.2, -0.15) is 0 Å². The predicted molar refractivity (Wildman–Crippen MR) is 61.2 cm³/mol. The Morgan fingerprint density at radius 2 is 2.21 bits per heavy atom. The lowest BCUT2D eigenvalue weighted by molar-refractivity contribution is -0.382. The first kappa shape index (κ1) is 9.78. The zero-order valence-electron chi connectivity index (χ0n) is 6.66. The summed E-state index contributed by atoms with van der Waals surface area (Å²) in [6.07, 6.45) is 0. The van der Waals surface area contributed by atoms with Crippen molar-refractivity contribution in [3.8, 4) is 0 Å². The Labute approximate surface area is 95.8 Å². The molecule has 0 unspecified atom stereocenters. The van der Waals surface area contributed by atoms with Gasteiger partial charge in [-0.15, -0.1) is 11.3 Å². The third-order valence-electron chi connectivity index (χ3n) is 1.77. The van der Waals surface area contributed by atoms with Crippen molar-refractivity contribution in [3.63, 3.8) is 0 Å². The van der Waals surface area contributed by atoms with E-state index in [1.165, 1.54) is 11.4 Å². The lowest BCUT2D eigenvalue weighted by Gasteiger charge is -1.95. The fraction of sp³-hybridized carbons (Fsp3) is 0. The molecule has 72 valence electrons. The van der Waals surface area contributed by atoms with Crippen LogP contribution in [0.5, 0.6) is 0 Å². The molecule has 0 N–H and O–H groups in total. The van der Waals surface area contributed by atoms with E-state index in [0.29, 0.717) is 13.7 Å². The normalized spacial score (nSPS) is 10.7. The summed E-state index contributed by atoms with van der Waals surface area (Å²) >= 11 is 2.99. The maximum Gasteiger partial charge on any atom is 0.288 e. The summed E-state index contributed by atoms with van der Waals surface area (Å²) in [4.78, 5) is 10.2. The third kappa shape index (κ3) is 1.48. The van der Waals surface area contributed by atoms with Crippen LogP contribution in [0.2, 0.25) is 0 Å². The number of halogens is 2. The summed E-state index contributed by atoms with van der Waals surface area (Å²) in [6.45, 7) is 0. The molecule has 0 fully saturated rings. The van der Waals surface area contributed by atoms with Crippen LogP contribution in [0.4, 0.5) is 10.1 Å². The van der Waals surface area contributed by atoms with Gasteiger partial charge in [-0.1, -0.05) is 0 Å². The number of benzene rings is 1. The number of thiophene rings is 1. The zero-order chi connectivity index (χ0) is 10.3. The second-order valence-electron chi connectivity index (χ2n) is 2.64. The molecule has 1 heterocycles. The summed E-state index contributed by atoms with van der Waals surface area (Å²) in [7, 11) is 0. The van der Waals surface area contributed by atoms with Crippen molar-refractivity contribution in [2.75, 3.05) is 0 Å². The number of nitro groups is 1. The van der Waals surface area contributed by atoms with E-state index in [1.807, 2.05) is 22.6 Å². The van der Waals surface area contributed by atoms with Crippen molar-refractivity contribution in [1.82, 2.24) is 0 Å². The largest absolute Gasteiger partial charge is 0.288 e. The number of fused-ring (bicyclic) bond motifs is 1. The highest BCUT2D eigenvalue weighted by atomic mass is 127. The topological polar surface area (TPSA) is 43.1 Å². The van der Waals surface area contributed by atoms with Crippen LogP contribution in [0, 0.1) is 19.5 Å². The lowest BCUT2D eigenvalue weighted by atomic mass is 10.2. The van der Waals surface area contributed by atoms with Crippen LogP contribution in [0.3, 0.4) is 0 Å². The Hall–Kier alpha value is -0.760. The Morgan fingerprint density at radius 3 is 2.86 bits per heavy atom. The minimum Gasteiger partial charge on any atom is -0.258 e.